The molecule has 2 heterocycles. The number of carbonyl (C=O) groups excluding carboxylic acids is 3. The fourth-order valence-corrected chi connectivity index (χ4v) is 3.51. The van der Waals surface area contributed by atoms with Crippen molar-refractivity contribution in [1.82, 2.24) is 14.7 Å². The molecule has 1 aromatic carbocycles. The summed E-state index contributed by atoms with van der Waals surface area (Å²) in [5, 5.41) is 0.787. The van der Waals surface area contributed by atoms with Gasteiger partial charge in [-0.05, 0) is 31.0 Å². The first-order valence-electron chi connectivity index (χ1n) is 8.30. The molecule has 2 aliphatic heterocycles. The molecule has 2 aliphatic rings. The van der Waals surface area contributed by atoms with Crippen LogP contribution in [0.25, 0.3) is 0 Å². The Bertz CT molecular complexity index is 696. The molecule has 3 amide bonds. The van der Waals surface area contributed by atoms with Crippen molar-refractivity contribution in [3.05, 3.63) is 33.8 Å². The average molecular weight is 384 g/mol. The van der Waals surface area contributed by atoms with Gasteiger partial charge in [0.05, 0.1) is 10.6 Å². The van der Waals surface area contributed by atoms with Crippen LogP contribution in [0.1, 0.15) is 23.2 Å². The maximum Gasteiger partial charge on any atom is 0.312 e. The first-order chi connectivity index (χ1) is 12.0. The van der Waals surface area contributed by atoms with Crippen molar-refractivity contribution < 1.29 is 14.4 Å². The van der Waals surface area contributed by atoms with Crippen molar-refractivity contribution in [3.8, 4) is 0 Å². The van der Waals surface area contributed by atoms with Crippen LogP contribution in [0, 0.1) is 0 Å². The smallest absolute Gasteiger partial charge is 0.312 e. The third kappa shape index (κ3) is 3.90. The van der Waals surface area contributed by atoms with Crippen LogP contribution in [0.15, 0.2) is 18.2 Å². The predicted octanol–water partition coefficient (Wildman–Crippen LogP) is 1.90. The van der Waals surface area contributed by atoms with Crippen LogP contribution in [-0.2, 0) is 9.59 Å². The minimum Gasteiger partial charge on any atom is -0.335 e. The molecule has 0 unspecified atom stereocenters. The number of amides is 3. The monoisotopic (exact) mass is 383 g/mol. The maximum absolute atomic E-state index is 12.6. The number of hydrogen-bond donors (Lipinski definition) is 0. The van der Waals surface area contributed by atoms with E-state index in [-0.39, 0.29) is 5.91 Å². The van der Waals surface area contributed by atoms with E-state index in [1.807, 2.05) is 0 Å². The Morgan fingerprint density at radius 1 is 0.760 bits per heavy atom. The van der Waals surface area contributed by atoms with Crippen LogP contribution in [0.3, 0.4) is 0 Å². The van der Waals surface area contributed by atoms with Gasteiger partial charge in [-0.15, -0.1) is 0 Å². The van der Waals surface area contributed by atoms with Crippen LogP contribution in [0.5, 0.6) is 0 Å². The highest BCUT2D eigenvalue weighted by Crippen LogP contribution is 2.22. The number of hydrogen-bond acceptors (Lipinski definition) is 3. The second kappa shape index (κ2) is 7.62. The highest BCUT2D eigenvalue weighted by molar-refractivity contribution is 6.36. The van der Waals surface area contributed by atoms with Crippen molar-refractivity contribution in [2.75, 3.05) is 39.3 Å². The number of piperazine rings is 1. The zero-order chi connectivity index (χ0) is 18.0. The Hall–Kier alpha value is -1.79. The van der Waals surface area contributed by atoms with Gasteiger partial charge < -0.3 is 14.7 Å². The zero-order valence-corrected chi connectivity index (χ0v) is 15.2. The van der Waals surface area contributed by atoms with Gasteiger partial charge in [0.2, 0.25) is 0 Å². The molecule has 0 spiro atoms. The van der Waals surface area contributed by atoms with E-state index in [2.05, 4.69) is 0 Å². The first-order valence-corrected chi connectivity index (χ1v) is 9.05. The summed E-state index contributed by atoms with van der Waals surface area (Å²) < 4.78 is 0. The van der Waals surface area contributed by atoms with Crippen molar-refractivity contribution in [2.45, 2.75) is 12.8 Å². The molecule has 25 heavy (non-hydrogen) atoms. The van der Waals surface area contributed by atoms with Gasteiger partial charge in [0.25, 0.3) is 5.91 Å². The number of likely N-dealkylation sites (tertiary alicyclic amines) is 1. The summed E-state index contributed by atoms with van der Waals surface area (Å²) in [6.07, 6.45) is 1.89. The molecule has 0 atom stereocenters. The molecule has 0 saturated carbocycles. The van der Waals surface area contributed by atoms with Gasteiger partial charge in [-0.1, -0.05) is 23.2 Å². The summed E-state index contributed by atoms with van der Waals surface area (Å²) in [5.74, 6) is -1.13. The predicted molar refractivity (Wildman–Crippen MR) is 94.8 cm³/mol. The highest BCUT2D eigenvalue weighted by Gasteiger charge is 2.32. The molecule has 2 fully saturated rings. The van der Waals surface area contributed by atoms with Crippen molar-refractivity contribution in [3.63, 3.8) is 0 Å². The van der Waals surface area contributed by atoms with Crippen LogP contribution in [0.4, 0.5) is 0 Å². The molecule has 134 valence electrons. The standard InChI is InChI=1S/C17H19Cl2N3O3/c18-12-3-4-14(19)13(11-12)15(23)21-7-9-22(10-8-21)17(25)16(24)20-5-1-2-6-20/h3-4,11H,1-2,5-10H2. The summed E-state index contributed by atoms with van der Waals surface area (Å²) in [6, 6.07) is 4.76. The number of nitrogens with zero attached hydrogens (tertiary/aromatic N) is 3. The van der Waals surface area contributed by atoms with Crippen molar-refractivity contribution >= 4 is 40.9 Å². The lowest BCUT2D eigenvalue weighted by atomic mass is 10.1. The van der Waals surface area contributed by atoms with E-state index in [9.17, 15) is 14.4 Å². The lowest BCUT2D eigenvalue weighted by Gasteiger charge is -2.35. The van der Waals surface area contributed by atoms with E-state index in [0.29, 0.717) is 54.9 Å². The maximum atomic E-state index is 12.6. The second-order valence-electron chi connectivity index (χ2n) is 6.21. The quantitative estimate of drug-likeness (QED) is 0.695. The number of rotatable bonds is 1. The van der Waals surface area contributed by atoms with Crippen molar-refractivity contribution in [2.24, 2.45) is 0 Å². The largest absolute Gasteiger partial charge is 0.335 e. The summed E-state index contributed by atoms with van der Waals surface area (Å²) in [7, 11) is 0. The van der Waals surface area contributed by atoms with E-state index in [1.165, 1.54) is 4.90 Å². The topological polar surface area (TPSA) is 60.9 Å². The normalized spacial score (nSPS) is 17.8. The minimum atomic E-state index is -0.477. The Balaban J connectivity index is 1.59. The molecule has 1 aromatic rings. The van der Waals surface area contributed by atoms with Gasteiger partial charge in [-0.3, -0.25) is 14.4 Å². The van der Waals surface area contributed by atoms with E-state index >= 15 is 0 Å². The Morgan fingerprint density at radius 3 is 1.88 bits per heavy atom. The van der Waals surface area contributed by atoms with Crippen LogP contribution >= 0.6 is 23.2 Å². The summed E-state index contributed by atoms with van der Waals surface area (Å²) in [4.78, 5) is 41.9. The lowest BCUT2D eigenvalue weighted by Crippen LogP contribution is -2.54. The number of carbonyl (C=O) groups is 3. The zero-order valence-electron chi connectivity index (χ0n) is 13.7. The third-order valence-electron chi connectivity index (χ3n) is 4.59. The minimum absolute atomic E-state index is 0.217. The second-order valence-corrected chi connectivity index (χ2v) is 7.05. The molecule has 0 aliphatic carbocycles. The lowest BCUT2D eigenvalue weighted by molar-refractivity contribution is -0.152. The molecule has 8 heteroatoms. The Kier molecular flexibility index (Phi) is 5.49. The fourth-order valence-electron chi connectivity index (χ4n) is 3.14. The molecule has 0 bridgehead atoms. The molecule has 3 rings (SSSR count). The molecule has 0 N–H and O–H groups in total. The molecule has 0 radical (unpaired) electrons. The third-order valence-corrected chi connectivity index (χ3v) is 5.15. The molecule has 6 nitrogen and oxygen atoms in total. The van der Waals surface area contributed by atoms with Gasteiger partial charge >= 0.3 is 11.8 Å². The van der Waals surface area contributed by atoms with Crippen LogP contribution in [0.2, 0.25) is 10.0 Å². The van der Waals surface area contributed by atoms with Crippen LogP contribution in [-0.4, -0.2) is 71.7 Å². The van der Waals surface area contributed by atoms with Gasteiger partial charge in [0.1, 0.15) is 0 Å². The van der Waals surface area contributed by atoms with Crippen LogP contribution < -0.4 is 0 Å². The molecular formula is C17H19Cl2N3O3. The van der Waals surface area contributed by atoms with Gasteiger partial charge in [0, 0.05) is 44.3 Å². The first kappa shape index (κ1) is 18.0. The fraction of sp³-hybridized carbons (Fsp3) is 0.471. The van der Waals surface area contributed by atoms with E-state index in [1.54, 1.807) is 28.0 Å². The van der Waals surface area contributed by atoms with E-state index in [4.69, 9.17) is 23.2 Å². The summed E-state index contributed by atoms with van der Waals surface area (Å²) in [6.45, 7) is 2.69. The summed E-state index contributed by atoms with van der Waals surface area (Å²) >= 11 is 12.0. The number of halogens is 2. The van der Waals surface area contributed by atoms with E-state index < -0.39 is 11.8 Å². The van der Waals surface area contributed by atoms with Crippen molar-refractivity contribution in [1.29, 1.82) is 0 Å². The highest BCUT2D eigenvalue weighted by atomic mass is 35.5. The Morgan fingerprint density at radius 2 is 1.28 bits per heavy atom. The SMILES string of the molecule is O=C(C(=O)N1CCN(C(=O)c2cc(Cl)ccc2Cl)CC1)N1CCCC1. The molecule has 0 aromatic heterocycles. The van der Waals surface area contributed by atoms with Gasteiger partial charge in [-0.25, -0.2) is 0 Å². The molecule has 2 saturated heterocycles. The van der Waals surface area contributed by atoms with E-state index in [0.717, 1.165) is 12.8 Å². The Labute approximate surface area is 156 Å². The number of benzene rings is 1. The van der Waals surface area contributed by atoms with Gasteiger partial charge in [-0.2, -0.15) is 0 Å². The average Bonchev–Trinajstić information content (AvgIpc) is 3.16. The summed E-state index contributed by atoms with van der Waals surface area (Å²) in [5.41, 5.74) is 0.349. The molecular weight excluding hydrogens is 365 g/mol. The van der Waals surface area contributed by atoms with Gasteiger partial charge in [0.15, 0.2) is 0 Å².